The van der Waals surface area contributed by atoms with Crippen LogP contribution in [0.3, 0.4) is 0 Å². The summed E-state index contributed by atoms with van der Waals surface area (Å²) < 4.78 is 0. The van der Waals surface area contributed by atoms with E-state index in [0.717, 1.165) is 5.56 Å². The minimum atomic E-state index is -0.117. The molecule has 1 amide bonds. The third kappa shape index (κ3) is 3.97. The van der Waals surface area contributed by atoms with Crippen molar-refractivity contribution in [3.05, 3.63) is 71.3 Å². The molecule has 0 aliphatic carbocycles. The van der Waals surface area contributed by atoms with Gasteiger partial charge in [-0.1, -0.05) is 60.2 Å². The normalized spacial score (nSPS) is 12.2. The van der Waals surface area contributed by atoms with E-state index in [0.29, 0.717) is 6.54 Å². The van der Waals surface area contributed by atoms with Crippen molar-refractivity contribution in [2.75, 3.05) is 0 Å². The zero-order chi connectivity index (χ0) is 16.1. The van der Waals surface area contributed by atoms with Crippen molar-refractivity contribution < 1.29 is 4.79 Å². The van der Waals surface area contributed by atoms with Gasteiger partial charge in [-0.15, -0.1) is 0 Å². The number of hydrogen-bond acceptors (Lipinski definition) is 1. The maximum atomic E-state index is 12.9. The van der Waals surface area contributed by atoms with Crippen LogP contribution in [0.4, 0.5) is 0 Å². The Balaban J connectivity index is 2.19. The molecular weight excluding hydrogens is 270 g/mol. The van der Waals surface area contributed by atoms with Crippen LogP contribution >= 0.6 is 0 Å². The van der Waals surface area contributed by atoms with Crippen molar-refractivity contribution in [3.63, 3.8) is 0 Å². The van der Waals surface area contributed by atoms with Crippen LogP contribution in [0.5, 0.6) is 0 Å². The van der Waals surface area contributed by atoms with Crippen molar-refractivity contribution in [2.24, 2.45) is 0 Å². The Morgan fingerprint density at radius 3 is 2.27 bits per heavy atom. The van der Waals surface area contributed by atoms with E-state index in [1.54, 1.807) is 0 Å². The van der Waals surface area contributed by atoms with Gasteiger partial charge in [0.05, 0.1) is 5.92 Å². The van der Waals surface area contributed by atoms with Crippen LogP contribution in [0.15, 0.2) is 54.6 Å². The molecule has 1 atom stereocenters. The molecule has 2 heteroatoms. The predicted octanol–water partition coefficient (Wildman–Crippen LogP) is 4.54. The molecule has 0 saturated heterocycles. The molecule has 0 fully saturated rings. The first-order valence-electron chi connectivity index (χ1n) is 7.90. The number of carbonyl (C=O) groups excluding carboxylic acids is 1. The Morgan fingerprint density at radius 1 is 1.00 bits per heavy atom. The molecule has 116 valence electrons. The number of nitrogens with zero attached hydrogens (tertiary/aromatic N) is 1. The maximum Gasteiger partial charge on any atom is 0.230 e. The first kappa shape index (κ1) is 16.3. The van der Waals surface area contributed by atoms with Gasteiger partial charge in [0.25, 0.3) is 0 Å². The molecule has 0 bridgehead atoms. The molecule has 2 rings (SSSR count). The van der Waals surface area contributed by atoms with Gasteiger partial charge >= 0.3 is 0 Å². The molecule has 0 spiro atoms. The average molecular weight is 295 g/mol. The molecule has 2 aromatic carbocycles. The van der Waals surface area contributed by atoms with Crippen LogP contribution in [0.25, 0.3) is 0 Å². The van der Waals surface area contributed by atoms with Crippen LogP contribution in [-0.4, -0.2) is 16.8 Å². The summed E-state index contributed by atoms with van der Waals surface area (Å²) in [6.07, 6.45) is 0. The lowest BCUT2D eigenvalue weighted by Gasteiger charge is -2.30. The van der Waals surface area contributed by atoms with E-state index in [4.69, 9.17) is 0 Å². The largest absolute Gasteiger partial charge is 0.335 e. The molecule has 0 aliphatic rings. The molecule has 0 aliphatic heterocycles. The topological polar surface area (TPSA) is 20.3 Å². The number of carbonyl (C=O) groups is 1. The molecule has 2 nitrogen and oxygen atoms in total. The van der Waals surface area contributed by atoms with Gasteiger partial charge in [0.2, 0.25) is 5.91 Å². The van der Waals surface area contributed by atoms with Gasteiger partial charge in [-0.25, -0.2) is 0 Å². The van der Waals surface area contributed by atoms with E-state index in [-0.39, 0.29) is 17.9 Å². The SMILES string of the molecule is Cc1cccc(CN(C(=O)C(C)c2ccccc2)C(C)C)c1. The van der Waals surface area contributed by atoms with Crippen LogP contribution in [0, 0.1) is 6.92 Å². The number of benzene rings is 2. The molecule has 0 aromatic heterocycles. The van der Waals surface area contributed by atoms with Crippen molar-refractivity contribution in [1.29, 1.82) is 0 Å². The van der Waals surface area contributed by atoms with E-state index in [2.05, 4.69) is 39.0 Å². The first-order valence-corrected chi connectivity index (χ1v) is 7.90. The summed E-state index contributed by atoms with van der Waals surface area (Å²) in [5.41, 5.74) is 3.48. The van der Waals surface area contributed by atoms with E-state index in [1.165, 1.54) is 11.1 Å². The highest BCUT2D eigenvalue weighted by atomic mass is 16.2. The first-order chi connectivity index (χ1) is 10.5. The number of hydrogen-bond donors (Lipinski definition) is 0. The van der Waals surface area contributed by atoms with Gasteiger partial charge in [-0.05, 0) is 38.8 Å². The summed E-state index contributed by atoms with van der Waals surface area (Å²) in [5.74, 6) is 0.0658. The van der Waals surface area contributed by atoms with Gasteiger partial charge in [-0.3, -0.25) is 4.79 Å². The highest BCUT2D eigenvalue weighted by Gasteiger charge is 2.24. The lowest BCUT2D eigenvalue weighted by molar-refractivity contribution is -0.134. The summed E-state index contributed by atoms with van der Waals surface area (Å²) in [4.78, 5) is 14.9. The molecular formula is C20H25NO. The van der Waals surface area contributed by atoms with Gasteiger partial charge in [-0.2, -0.15) is 0 Å². The third-order valence-electron chi connectivity index (χ3n) is 4.01. The highest BCUT2D eigenvalue weighted by molar-refractivity contribution is 5.83. The van der Waals surface area contributed by atoms with Gasteiger partial charge < -0.3 is 4.90 Å². The number of rotatable bonds is 5. The Hall–Kier alpha value is -2.09. The highest BCUT2D eigenvalue weighted by Crippen LogP contribution is 2.21. The lowest BCUT2D eigenvalue weighted by atomic mass is 9.98. The zero-order valence-corrected chi connectivity index (χ0v) is 13.9. The standard InChI is InChI=1S/C20H25NO/c1-15(2)21(14-18-10-8-9-16(3)13-18)20(22)17(4)19-11-6-5-7-12-19/h5-13,15,17H,14H2,1-4H3. The van der Waals surface area contributed by atoms with Crippen molar-refractivity contribution >= 4 is 5.91 Å². The van der Waals surface area contributed by atoms with E-state index >= 15 is 0 Å². The minimum absolute atomic E-state index is 0.117. The molecule has 22 heavy (non-hydrogen) atoms. The average Bonchev–Trinajstić information content (AvgIpc) is 2.52. The quantitative estimate of drug-likeness (QED) is 0.793. The van der Waals surface area contributed by atoms with Crippen molar-refractivity contribution in [1.82, 2.24) is 4.90 Å². The second kappa shape index (κ2) is 7.26. The van der Waals surface area contributed by atoms with Crippen molar-refractivity contribution in [3.8, 4) is 0 Å². The Morgan fingerprint density at radius 2 is 1.68 bits per heavy atom. The summed E-state index contributed by atoms with van der Waals surface area (Å²) in [5, 5.41) is 0. The number of aryl methyl sites for hydroxylation is 1. The minimum Gasteiger partial charge on any atom is -0.335 e. The summed E-state index contributed by atoms with van der Waals surface area (Å²) in [6.45, 7) is 8.88. The smallest absolute Gasteiger partial charge is 0.230 e. The van der Waals surface area contributed by atoms with Crippen LogP contribution in [-0.2, 0) is 11.3 Å². The molecule has 1 unspecified atom stereocenters. The third-order valence-corrected chi connectivity index (χ3v) is 4.01. The van der Waals surface area contributed by atoms with Crippen LogP contribution < -0.4 is 0 Å². The molecule has 0 saturated carbocycles. The van der Waals surface area contributed by atoms with Crippen molar-refractivity contribution in [2.45, 2.75) is 46.2 Å². The van der Waals surface area contributed by atoms with Gasteiger partial charge in [0, 0.05) is 12.6 Å². The fraction of sp³-hybridized carbons (Fsp3) is 0.350. The zero-order valence-electron chi connectivity index (χ0n) is 13.9. The molecule has 0 N–H and O–H groups in total. The fourth-order valence-electron chi connectivity index (χ4n) is 2.66. The predicted molar refractivity (Wildman–Crippen MR) is 91.7 cm³/mol. The summed E-state index contributed by atoms with van der Waals surface area (Å²) in [7, 11) is 0. The Labute approximate surface area is 133 Å². The van der Waals surface area contributed by atoms with E-state index in [9.17, 15) is 4.79 Å². The molecule has 2 aromatic rings. The van der Waals surface area contributed by atoms with Gasteiger partial charge in [0.1, 0.15) is 0 Å². The second-order valence-electron chi connectivity index (χ2n) is 6.18. The Kier molecular flexibility index (Phi) is 5.37. The van der Waals surface area contributed by atoms with E-state index < -0.39 is 0 Å². The van der Waals surface area contributed by atoms with Crippen LogP contribution in [0.2, 0.25) is 0 Å². The lowest BCUT2D eigenvalue weighted by Crippen LogP contribution is -2.39. The maximum absolute atomic E-state index is 12.9. The Bertz CT molecular complexity index is 619. The molecule has 0 heterocycles. The molecule has 0 radical (unpaired) electrons. The van der Waals surface area contributed by atoms with E-state index in [1.807, 2.05) is 48.2 Å². The fourth-order valence-corrected chi connectivity index (χ4v) is 2.66. The summed E-state index contributed by atoms with van der Waals surface area (Å²) >= 11 is 0. The summed E-state index contributed by atoms with van der Waals surface area (Å²) in [6, 6.07) is 18.5. The van der Waals surface area contributed by atoms with Gasteiger partial charge in [0.15, 0.2) is 0 Å². The monoisotopic (exact) mass is 295 g/mol. The van der Waals surface area contributed by atoms with Crippen LogP contribution in [0.1, 0.15) is 43.4 Å². The number of amides is 1. The second-order valence-corrected chi connectivity index (χ2v) is 6.18.